The standard InChI is InChI=1S/C16H19N3OS2/c1-2-21-15-6-5-14(22-15)16(20)19-9-3-4-12(10-19)13-7-8-17-11-18-13/h5-8,11-12H,2-4,9-10H2,1H3. The average Bonchev–Trinajstić information content (AvgIpc) is 3.04. The summed E-state index contributed by atoms with van der Waals surface area (Å²) < 4.78 is 1.22. The van der Waals surface area contributed by atoms with Gasteiger partial charge in [-0.05, 0) is 36.8 Å². The highest BCUT2D eigenvalue weighted by molar-refractivity contribution is 8.01. The topological polar surface area (TPSA) is 46.1 Å². The van der Waals surface area contributed by atoms with E-state index in [1.165, 1.54) is 4.21 Å². The van der Waals surface area contributed by atoms with Gasteiger partial charge in [0.1, 0.15) is 6.33 Å². The summed E-state index contributed by atoms with van der Waals surface area (Å²) >= 11 is 3.39. The van der Waals surface area contributed by atoms with Crippen molar-refractivity contribution >= 4 is 29.0 Å². The normalized spacial score (nSPS) is 18.4. The van der Waals surface area contributed by atoms with Gasteiger partial charge in [-0.3, -0.25) is 4.79 Å². The molecule has 2 aromatic rings. The monoisotopic (exact) mass is 333 g/mol. The van der Waals surface area contributed by atoms with Crippen molar-refractivity contribution in [1.29, 1.82) is 0 Å². The maximum atomic E-state index is 12.7. The van der Waals surface area contributed by atoms with Crippen LogP contribution in [0.1, 0.15) is 41.0 Å². The molecule has 116 valence electrons. The molecule has 1 atom stereocenters. The molecule has 3 rings (SSSR count). The highest BCUT2D eigenvalue weighted by Crippen LogP contribution is 2.30. The summed E-state index contributed by atoms with van der Waals surface area (Å²) in [6.07, 6.45) is 5.48. The molecule has 1 aliphatic heterocycles. The minimum Gasteiger partial charge on any atom is -0.337 e. The fraction of sp³-hybridized carbons (Fsp3) is 0.438. The molecule has 3 heterocycles. The van der Waals surface area contributed by atoms with Crippen LogP contribution in [0.25, 0.3) is 0 Å². The third kappa shape index (κ3) is 3.50. The van der Waals surface area contributed by atoms with Crippen LogP contribution in [0.5, 0.6) is 0 Å². The predicted molar refractivity (Wildman–Crippen MR) is 90.6 cm³/mol. The quantitative estimate of drug-likeness (QED) is 0.801. The third-order valence-corrected chi connectivity index (χ3v) is 5.99. The average molecular weight is 333 g/mol. The smallest absolute Gasteiger partial charge is 0.263 e. The minimum absolute atomic E-state index is 0.159. The van der Waals surface area contributed by atoms with Crippen molar-refractivity contribution in [1.82, 2.24) is 14.9 Å². The maximum absolute atomic E-state index is 12.7. The van der Waals surface area contributed by atoms with Gasteiger partial charge in [0.2, 0.25) is 0 Å². The number of nitrogens with zero attached hydrogens (tertiary/aromatic N) is 3. The van der Waals surface area contributed by atoms with E-state index in [-0.39, 0.29) is 5.91 Å². The number of carbonyl (C=O) groups excluding carboxylic acids is 1. The molecule has 1 amide bonds. The summed E-state index contributed by atoms with van der Waals surface area (Å²) in [5, 5.41) is 0. The van der Waals surface area contributed by atoms with E-state index in [9.17, 15) is 4.79 Å². The first-order valence-electron chi connectivity index (χ1n) is 7.55. The molecule has 2 aromatic heterocycles. The van der Waals surface area contributed by atoms with E-state index >= 15 is 0 Å². The molecular formula is C16H19N3OS2. The van der Waals surface area contributed by atoms with Gasteiger partial charge in [-0.2, -0.15) is 0 Å². The van der Waals surface area contributed by atoms with Crippen molar-refractivity contribution < 1.29 is 4.79 Å². The van der Waals surface area contributed by atoms with Crippen LogP contribution in [0.3, 0.4) is 0 Å². The summed E-state index contributed by atoms with van der Waals surface area (Å²) in [6, 6.07) is 5.97. The Morgan fingerprint density at radius 2 is 2.36 bits per heavy atom. The predicted octanol–water partition coefficient (Wildman–Crippen LogP) is 3.67. The number of thioether (sulfide) groups is 1. The molecule has 0 aliphatic carbocycles. The van der Waals surface area contributed by atoms with Gasteiger partial charge in [0, 0.05) is 30.9 Å². The Hall–Kier alpha value is -1.40. The van der Waals surface area contributed by atoms with Gasteiger partial charge in [-0.1, -0.05) is 6.92 Å². The molecule has 1 unspecified atom stereocenters. The zero-order chi connectivity index (χ0) is 15.4. The van der Waals surface area contributed by atoms with Gasteiger partial charge in [0.15, 0.2) is 0 Å². The number of hydrogen-bond acceptors (Lipinski definition) is 5. The lowest BCUT2D eigenvalue weighted by atomic mass is 9.94. The van der Waals surface area contributed by atoms with E-state index in [0.717, 1.165) is 42.3 Å². The number of hydrogen-bond donors (Lipinski definition) is 0. The van der Waals surface area contributed by atoms with E-state index in [1.54, 1.807) is 35.6 Å². The Bertz CT molecular complexity index is 629. The number of piperidine rings is 1. The number of thiophene rings is 1. The molecule has 0 spiro atoms. The van der Waals surface area contributed by atoms with Crippen molar-refractivity contribution in [3.63, 3.8) is 0 Å². The lowest BCUT2D eigenvalue weighted by Crippen LogP contribution is -2.39. The second kappa shape index (κ2) is 7.24. The Kier molecular flexibility index (Phi) is 5.10. The van der Waals surface area contributed by atoms with E-state index < -0.39 is 0 Å². The lowest BCUT2D eigenvalue weighted by molar-refractivity contribution is 0.0711. The Morgan fingerprint density at radius 1 is 1.45 bits per heavy atom. The zero-order valence-corrected chi connectivity index (χ0v) is 14.2. The van der Waals surface area contributed by atoms with Crippen molar-refractivity contribution in [2.45, 2.75) is 29.9 Å². The number of likely N-dealkylation sites (tertiary alicyclic amines) is 1. The van der Waals surface area contributed by atoms with E-state index in [4.69, 9.17) is 0 Å². The van der Waals surface area contributed by atoms with Crippen LogP contribution < -0.4 is 0 Å². The molecule has 22 heavy (non-hydrogen) atoms. The molecule has 0 bridgehead atoms. The summed E-state index contributed by atoms with van der Waals surface area (Å²) in [5.41, 5.74) is 1.04. The van der Waals surface area contributed by atoms with Gasteiger partial charge in [0.05, 0.1) is 9.09 Å². The molecule has 6 heteroatoms. The van der Waals surface area contributed by atoms with Gasteiger partial charge in [0.25, 0.3) is 5.91 Å². The van der Waals surface area contributed by atoms with Gasteiger partial charge < -0.3 is 4.90 Å². The lowest BCUT2D eigenvalue weighted by Gasteiger charge is -2.32. The molecule has 4 nitrogen and oxygen atoms in total. The van der Waals surface area contributed by atoms with Crippen LogP contribution >= 0.6 is 23.1 Å². The minimum atomic E-state index is 0.159. The Labute approximate surface area is 139 Å². The fourth-order valence-electron chi connectivity index (χ4n) is 2.76. The SMILES string of the molecule is CCSc1ccc(C(=O)N2CCCC(c3ccncn3)C2)s1. The molecular weight excluding hydrogens is 314 g/mol. The second-order valence-electron chi connectivity index (χ2n) is 5.28. The number of carbonyl (C=O) groups is 1. The number of rotatable bonds is 4. The van der Waals surface area contributed by atoms with Crippen molar-refractivity contribution in [2.24, 2.45) is 0 Å². The van der Waals surface area contributed by atoms with E-state index in [1.807, 2.05) is 17.0 Å². The van der Waals surface area contributed by atoms with Crippen molar-refractivity contribution in [3.05, 3.63) is 41.3 Å². The van der Waals surface area contributed by atoms with E-state index in [2.05, 4.69) is 23.0 Å². The molecule has 0 aromatic carbocycles. The molecule has 1 fully saturated rings. The maximum Gasteiger partial charge on any atom is 0.263 e. The van der Waals surface area contributed by atoms with Crippen LogP contribution in [-0.2, 0) is 0 Å². The number of aromatic nitrogens is 2. The third-order valence-electron chi connectivity index (χ3n) is 3.81. The van der Waals surface area contributed by atoms with Crippen LogP contribution in [0.4, 0.5) is 0 Å². The van der Waals surface area contributed by atoms with Crippen molar-refractivity contribution in [3.8, 4) is 0 Å². The Balaban J connectivity index is 1.69. The summed E-state index contributed by atoms with van der Waals surface area (Å²) in [5.74, 6) is 1.52. The fourth-order valence-corrected chi connectivity index (χ4v) is 4.77. The van der Waals surface area contributed by atoms with E-state index in [0.29, 0.717) is 5.92 Å². The van der Waals surface area contributed by atoms with Gasteiger partial charge in [-0.15, -0.1) is 23.1 Å². The summed E-state index contributed by atoms with van der Waals surface area (Å²) in [6.45, 7) is 3.72. The van der Waals surface area contributed by atoms with Crippen LogP contribution in [0, 0.1) is 0 Å². The summed E-state index contributed by atoms with van der Waals surface area (Å²) in [7, 11) is 0. The molecule has 0 saturated carbocycles. The second-order valence-corrected chi connectivity index (χ2v) is 7.92. The highest BCUT2D eigenvalue weighted by Gasteiger charge is 2.26. The molecule has 1 saturated heterocycles. The first-order valence-corrected chi connectivity index (χ1v) is 9.36. The van der Waals surface area contributed by atoms with Crippen LogP contribution in [-0.4, -0.2) is 39.6 Å². The van der Waals surface area contributed by atoms with Crippen LogP contribution in [0.2, 0.25) is 0 Å². The molecule has 0 radical (unpaired) electrons. The molecule has 0 N–H and O–H groups in total. The van der Waals surface area contributed by atoms with Gasteiger partial charge in [-0.25, -0.2) is 9.97 Å². The summed E-state index contributed by atoms with van der Waals surface area (Å²) in [4.78, 5) is 23.8. The number of amides is 1. The van der Waals surface area contributed by atoms with Crippen LogP contribution in [0.15, 0.2) is 34.9 Å². The first kappa shape index (κ1) is 15.5. The molecule has 1 aliphatic rings. The largest absolute Gasteiger partial charge is 0.337 e. The zero-order valence-electron chi connectivity index (χ0n) is 12.6. The van der Waals surface area contributed by atoms with Crippen molar-refractivity contribution in [2.75, 3.05) is 18.8 Å². The first-order chi connectivity index (χ1) is 10.8. The van der Waals surface area contributed by atoms with Gasteiger partial charge >= 0.3 is 0 Å². The Morgan fingerprint density at radius 3 is 3.14 bits per heavy atom. The highest BCUT2D eigenvalue weighted by atomic mass is 32.2.